The summed E-state index contributed by atoms with van der Waals surface area (Å²) in [6.45, 7) is 2.19. The first-order valence-electron chi connectivity index (χ1n) is 9.12. The van der Waals surface area contributed by atoms with Crippen molar-refractivity contribution in [2.24, 2.45) is 0 Å². The van der Waals surface area contributed by atoms with Crippen LogP contribution < -0.4 is 11.1 Å². The minimum absolute atomic E-state index is 0.0104. The molecule has 1 aliphatic heterocycles. The largest absolute Gasteiger partial charge is 0.337 e. The quantitative estimate of drug-likeness (QED) is 0.866. The molecule has 1 heterocycles. The average molecular weight is 354 g/mol. The van der Waals surface area contributed by atoms with Crippen LogP contribution in [0.5, 0.6) is 0 Å². The second-order valence-corrected chi connectivity index (χ2v) is 6.83. The van der Waals surface area contributed by atoms with E-state index < -0.39 is 6.04 Å². The van der Waals surface area contributed by atoms with Crippen LogP contribution >= 0.6 is 0 Å². The van der Waals surface area contributed by atoms with E-state index in [1.165, 1.54) is 11.6 Å². The van der Waals surface area contributed by atoms with Crippen molar-refractivity contribution in [3.63, 3.8) is 0 Å². The third-order valence-corrected chi connectivity index (χ3v) is 4.83. The van der Waals surface area contributed by atoms with Crippen molar-refractivity contribution >= 4 is 5.91 Å². The van der Waals surface area contributed by atoms with Crippen LogP contribution in [0.2, 0.25) is 0 Å². The first kappa shape index (κ1) is 18.5. The van der Waals surface area contributed by atoms with Crippen LogP contribution in [0.25, 0.3) is 0 Å². The lowest BCUT2D eigenvalue weighted by atomic mass is 10.00. The van der Waals surface area contributed by atoms with Crippen molar-refractivity contribution in [1.82, 2.24) is 16.0 Å². The van der Waals surface area contributed by atoms with Gasteiger partial charge in [0.15, 0.2) is 0 Å². The fraction of sp³-hybridized carbons (Fsp3) is 0.381. The van der Waals surface area contributed by atoms with Gasteiger partial charge in [0.25, 0.3) is 0 Å². The van der Waals surface area contributed by atoms with Crippen LogP contribution in [-0.4, -0.2) is 42.5 Å². The molecule has 26 heavy (non-hydrogen) atoms. The van der Waals surface area contributed by atoms with Crippen molar-refractivity contribution in [3.05, 3.63) is 71.5 Å². The van der Waals surface area contributed by atoms with Gasteiger partial charge in [0.1, 0.15) is 5.82 Å². The molecular formula is C21H25FN3O. The Balaban J connectivity index is 1.60. The number of benzene rings is 2. The van der Waals surface area contributed by atoms with Crippen LogP contribution in [0.3, 0.4) is 0 Å². The van der Waals surface area contributed by atoms with Gasteiger partial charge in [0.2, 0.25) is 5.91 Å². The molecular weight excluding hydrogens is 329 g/mol. The Bertz CT molecular complexity index is 722. The maximum Gasteiger partial charge on any atom is 0.224 e. The molecule has 1 amide bonds. The smallest absolute Gasteiger partial charge is 0.224 e. The second kappa shape index (κ2) is 8.92. The molecule has 2 aromatic carbocycles. The third kappa shape index (κ3) is 4.90. The Kier molecular flexibility index (Phi) is 6.36. The summed E-state index contributed by atoms with van der Waals surface area (Å²) in [6, 6.07) is 16.1. The number of nitrogens with one attached hydrogen (secondary N) is 2. The fourth-order valence-electron chi connectivity index (χ4n) is 3.49. The number of hydrogen-bond donors (Lipinski definition) is 1. The predicted octanol–water partition coefficient (Wildman–Crippen LogP) is 2.45. The molecule has 1 saturated heterocycles. The molecule has 0 saturated carbocycles. The first-order chi connectivity index (χ1) is 12.6. The lowest BCUT2D eigenvalue weighted by Gasteiger charge is -2.37. The number of carbonyl (C=O) groups excluding carboxylic acids is 1. The summed E-state index contributed by atoms with van der Waals surface area (Å²) < 4.78 is 13.8. The Morgan fingerprint density at radius 1 is 1.19 bits per heavy atom. The van der Waals surface area contributed by atoms with Crippen molar-refractivity contribution in [2.75, 3.05) is 19.6 Å². The maximum absolute atomic E-state index is 13.8. The zero-order chi connectivity index (χ0) is 18.4. The number of carbonyl (C=O) groups is 1. The summed E-state index contributed by atoms with van der Waals surface area (Å²) in [5.74, 6) is -0.315. The monoisotopic (exact) mass is 354 g/mol. The molecule has 0 aromatic heterocycles. The zero-order valence-corrected chi connectivity index (χ0v) is 14.8. The van der Waals surface area contributed by atoms with Crippen LogP contribution in [-0.2, 0) is 17.6 Å². The Labute approximate surface area is 154 Å². The predicted molar refractivity (Wildman–Crippen MR) is 100 cm³/mol. The molecule has 1 aliphatic rings. The topological polar surface area (TPSA) is 56.1 Å². The summed E-state index contributed by atoms with van der Waals surface area (Å²) in [7, 11) is 0. The van der Waals surface area contributed by atoms with Gasteiger partial charge in [0.05, 0.1) is 0 Å². The number of hydrogen-bond acceptors (Lipinski definition) is 2. The van der Waals surface area contributed by atoms with E-state index in [9.17, 15) is 9.18 Å². The zero-order valence-electron chi connectivity index (χ0n) is 14.8. The highest BCUT2D eigenvalue weighted by Gasteiger charge is 2.27. The van der Waals surface area contributed by atoms with E-state index >= 15 is 0 Å². The molecule has 2 N–H and O–H groups in total. The summed E-state index contributed by atoms with van der Waals surface area (Å²) in [6.07, 6.45) is 1.18. The van der Waals surface area contributed by atoms with Crippen LogP contribution in [0.15, 0.2) is 54.6 Å². The third-order valence-electron chi connectivity index (χ3n) is 4.83. The van der Waals surface area contributed by atoms with Crippen molar-refractivity contribution in [2.45, 2.75) is 31.3 Å². The molecule has 1 radical (unpaired) electrons. The Hall–Kier alpha value is -2.24. The molecule has 5 heteroatoms. The van der Waals surface area contributed by atoms with E-state index in [0.717, 1.165) is 19.5 Å². The van der Waals surface area contributed by atoms with E-state index in [1.54, 1.807) is 18.2 Å². The minimum atomic E-state index is -0.633. The summed E-state index contributed by atoms with van der Waals surface area (Å²) in [4.78, 5) is 14.7. The van der Waals surface area contributed by atoms with E-state index in [2.05, 4.69) is 17.4 Å². The van der Waals surface area contributed by atoms with Gasteiger partial charge in [-0.15, -0.1) is 0 Å². The van der Waals surface area contributed by atoms with Gasteiger partial charge in [-0.2, -0.15) is 0 Å². The average Bonchev–Trinajstić information content (AvgIpc) is 2.65. The molecule has 4 nitrogen and oxygen atoms in total. The fourth-order valence-corrected chi connectivity index (χ4v) is 3.49. The van der Waals surface area contributed by atoms with Gasteiger partial charge in [-0.3, -0.25) is 10.5 Å². The van der Waals surface area contributed by atoms with Gasteiger partial charge in [0, 0.05) is 38.1 Å². The number of amides is 1. The lowest BCUT2D eigenvalue weighted by Crippen LogP contribution is -2.55. The number of halogens is 1. The van der Waals surface area contributed by atoms with Crippen molar-refractivity contribution < 1.29 is 9.18 Å². The van der Waals surface area contributed by atoms with E-state index in [-0.39, 0.29) is 30.6 Å². The highest BCUT2D eigenvalue weighted by Crippen LogP contribution is 2.15. The normalized spacial score (nSPS) is 18.5. The molecule has 3 rings (SSSR count). The first-order valence-corrected chi connectivity index (χ1v) is 9.12. The molecule has 2 atom stereocenters. The van der Waals surface area contributed by atoms with E-state index in [1.807, 2.05) is 23.1 Å². The number of piperazine rings is 1. The summed E-state index contributed by atoms with van der Waals surface area (Å²) in [5, 5.41) is 3.35. The second-order valence-electron chi connectivity index (χ2n) is 6.83. The molecule has 0 bridgehead atoms. The summed E-state index contributed by atoms with van der Waals surface area (Å²) >= 11 is 0. The van der Waals surface area contributed by atoms with Gasteiger partial charge >= 0.3 is 0 Å². The molecule has 1 fully saturated rings. The summed E-state index contributed by atoms with van der Waals surface area (Å²) in [5.41, 5.74) is 9.92. The van der Waals surface area contributed by atoms with Gasteiger partial charge < -0.3 is 10.2 Å². The van der Waals surface area contributed by atoms with Crippen molar-refractivity contribution in [1.29, 1.82) is 0 Å². The number of nitrogens with zero attached hydrogens (tertiary/aromatic N) is 1. The molecule has 0 aliphatic carbocycles. The molecule has 2 aromatic rings. The molecule has 0 unspecified atom stereocenters. The highest BCUT2D eigenvalue weighted by atomic mass is 19.1. The SMILES string of the molecule is [NH][C@@H](CC(=O)N1CCNC[C@H]1Cc1ccccc1)Cc1ccccc1F. The maximum atomic E-state index is 13.8. The number of rotatable bonds is 6. The minimum Gasteiger partial charge on any atom is -0.337 e. The van der Waals surface area contributed by atoms with Crippen molar-refractivity contribution in [3.8, 4) is 0 Å². The van der Waals surface area contributed by atoms with Crippen LogP contribution in [0, 0.1) is 5.82 Å². The van der Waals surface area contributed by atoms with Crippen LogP contribution in [0.4, 0.5) is 4.39 Å². The highest BCUT2D eigenvalue weighted by molar-refractivity contribution is 5.77. The molecule has 137 valence electrons. The van der Waals surface area contributed by atoms with Gasteiger partial charge in [-0.05, 0) is 30.0 Å². The molecule has 0 spiro atoms. The van der Waals surface area contributed by atoms with Crippen LogP contribution in [0.1, 0.15) is 17.5 Å². The van der Waals surface area contributed by atoms with Gasteiger partial charge in [-0.1, -0.05) is 48.5 Å². The van der Waals surface area contributed by atoms with Gasteiger partial charge in [-0.25, -0.2) is 4.39 Å². The Morgan fingerprint density at radius 3 is 2.69 bits per heavy atom. The van der Waals surface area contributed by atoms with E-state index in [0.29, 0.717) is 12.1 Å². The lowest BCUT2D eigenvalue weighted by molar-refractivity contribution is -0.134. The standard InChI is InChI=1S/C21H25FN3O/c22-20-9-5-4-8-17(20)13-18(23)14-21(26)25-11-10-24-15-19(25)12-16-6-2-1-3-7-16/h1-9,18-19,23-24H,10-15H2/t18-,19-/m1/s1. The Morgan fingerprint density at radius 2 is 1.92 bits per heavy atom. The van der Waals surface area contributed by atoms with E-state index in [4.69, 9.17) is 5.73 Å².